The van der Waals surface area contributed by atoms with Crippen molar-refractivity contribution in [2.75, 3.05) is 26.2 Å². The summed E-state index contributed by atoms with van der Waals surface area (Å²) in [6.45, 7) is 2.81. The van der Waals surface area contributed by atoms with Gasteiger partial charge < -0.3 is 14.4 Å². The van der Waals surface area contributed by atoms with E-state index in [0.717, 1.165) is 30.7 Å². The summed E-state index contributed by atoms with van der Waals surface area (Å²) in [5.74, 6) is 0.908. The third-order valence-corrected chi connectivity index (χ3v) is 6.16. The summed E-state index contributed by atoms with van der Waals surface area (Å²) in [5.41, 5.74) is 2.01. The van der Waals surface area contributed by atoms with Gasteiger partial charge in [-0.2, -0.15) is 0 Å². The molecule has 1 amide bonds. The number of furan rings is 1. The normalized spacial score (nSPS) is 22.0. The second-order valence-corrected chi connectivity index (χ2v) is 8.10. The number of benzene rings is 1. The number of β-amino-alcohol motifs (C(OH)–C–C–N with tert-alkyl or cyclic N) is 1. The molecule has 4 rings (SSSR count). The Hall–Kier alpha value is -1.24. The zero-order valence-electron chi connectivity index (χ0n) is 15.3. The summed E-state index contributed by atoms with van der Waals surface area (Å²) < 4.78 is 5.75. The number of hydrogen-bond acceptors (Lipinski definition) is 4. The lowest BCUT2D eigenvalue weighted by Gasteiger charge is -2.37. The lowest BCUT2D eigenvalue weighted by atomic mass is 9.99. The molecule has 8 heteroatoms. The fraction of sp³-hybridized carbons (Fsp3) is 0.450. The van der Waals surface area contributed by atoms with Crippen molar-refractivity contribution in [1.29, 1.82) is 0 Å². The number of aliphatic hydroxyl groups is 1. The molecule has 0 saturated carbocycles. The highest BCUT2D eigenvalue weighted by molar-refractivity contribution is 6.42. The van der Waals surface area contributed by atoms with Gasteiger partial charge in [0.05, 0.1) is 28.8 Å². The van der Waals surface area contributed by atoms with Crippen LogP contribution in [0.4, 0.5) is 0 Å². The van der Waals surface area contributed by atoms with Gasteiger partial charge in [0, 0.05) is 26.2 Å². The number of halogens is 3. The van der Waals surface area contributed by atoms with Gasteiger partial charge in [-0.25, -0.2) is 0 Å². The maximum Gasteiger partial charge on any atom is 0.227 e. The standard InChI is InChI=1S/C20H22Cl2N2O3.ClH/c21-16-2-1-13(9-17(16)22)10-19(26)24-7-3-14-5-8-27-20(14)18(24)12-23-6-4-15(25)11-23;/h1-2,5,8-9,15,18,25H,3-4,6-7,10-12H2;1H. The van der Waals surface area contributed by atoms with E-state index in [9.17, 15) is 9.90 Å². The lowest BCUT2D eigenvalue weighted by Crippen LogP contribution is -2.45. The van der Waals surface area contributed by atoms with E-state index in [1.165, 1.54) is 5.56 Å². The summed E-state index contributed by atoms with van der Waals surface area (Å²) in [7, 11) is 0. The number of carbonyl (C=O) groups is 1. The molecule has 0 aliphatic carbocycles. The minimum Gasteiger partial charge on any atom is -0.467 e. The molecular weight excluding hydrogens is 423 g/mol. The third-order valence-electron chi connectivity index (χ3n) is 5.42. The molecule has 1 fully saturated rings. The maximum absolute atomic E-state index is 13.1. The zero-order chi connectivity index (χ0) is 19.0. The SMILES string of the molecule is Cl.O=C(Cc1ccc(Cl)c(Cl)c1)N1CCc2ccoc2C1CN1CCC(O)C1. The van der Waals surface area contributed by atoms with E-state index >= 15 is 0 Å². The van der Waals surface area contributed by atoms with Crippen molar-refractivity contribution in [3.05, 3.63) is 57.5 Å². The van der Waals surface area contributed by atoms with E-state index in [0.29, 0.717) is 29.7 Å². The summed E-state index contributed by atoms with van der Waals surface area (Å²) in [4.78, 5) is 17.2. The molecule has 152 valence electrons. The molecule has 0 radical (unpaired) electrons. The Kier molecular flexibility index (Phi) is 6.94. The van der Waals surface area contributed by atoms with Gasteiger partial charge in [-0.05, 0) is 42.2 Å². The van der Waals surface area contributed by atoms with Crippen molar-refractivity contribution < 1.29 is 14.3 Å². The minimum atomic E-state index is -0.287. The van der Waals surface area contributed by atoms with Crippen LogP contribution in [0.5, 0.6) is 0 Å². The van der Waals surface area contributed by atoms with Crippen LogP contribution in [0.25, 0.3) is 0 Å². The quantitative estimate of drug-likeness (QED) is 0.779. The van der Waals surface area contributed by atoms with E-state index in [1.807, 2.05) is 17.0 Å². The highest BCUT2D eigenvalue weighted by Crippen LogP contribution is 2.33. The van der Waals surface area contributed by atoms with Crippen LogP contribution in [0.2, 0.25) is 10.0 Å². The van der Waals surface area contributed by atoms with Crippen LogP contribution in [-0.4, -0.2) is 53.1 Å². The average molecular weight is 446 g/mol. The van der Waals surface area contributed by atoms with Crippen LogP contribution in [0.3, 0.4) is 0 Å². The molecule has 1 aromatic carbocycles. The number of amides is 1. The Morgan fingerprint density at radius 1 is 1.21 bits per heavy atom. The Morgan fingerprint density at radius 2 is 2.04 bits per heavy atom. The Morgan fingerprint density at radius 3 is 2.75 bits per heavy atom. The maximum atomic E-state index is 13.1. The van der Waals surface area contributed by atoms with Crippen LogP contribution in [0.1, 0.15) is 29.3 Å². The molecule has 2 aliphatic heterocycles. The molecule has 2 aliphatic rings. The van der Waals surface area contributed by atoms with Crippen LogP contribution in [-0.2, 0) is 17.6 Å². The summed E-state index contributed by atoms with van der Waals surface area (Å²) in [6.07, 6.45) is 3.24. The van der Waals surface area contributed by atoms with Crippen molar-refractivity contribution in [2.45, 2.75) is 31.4 Å². The molecule has 2 unspecified atom stereocenters. The van der Waals surface area contributed by atoms with E-state index in [1.54, 1.807) is 18.4 Å². The first-order valence-electron chi connectivity index (χ1n) is 9.21. The molecular formula is C20H23Cl3N2O3. The fourth-order valence-electron chi connectivity index (χ4n) is 4.01. The van der Waals surface area contributed by atoms with Gasteiger partial charge in [0.1, 0.15) is 11.8 Å². The first-order chi connectivity index (χ1) is 13.0. The van der Waals surface area contributed by atoms with Gasteiger partial charge in [0.25, 0.3) is 0 Å². The van der Waals surface area contributed by atoms with Crippen molar-refractivity contribution in [1.82, 2.24) is 9.80 Å². The van der Waals surface area contributed by atoms with Gasteiger partial charge in [0.2, 0.25) is 5.91 Å². The van der Waals surface area contributed by atoms with E-state index in [4.69, 9.17) is 27.6 Å². The van der Waals surface area contributed by atoms with Crippen molar-refractivity contribution in [3.8, 4) is 0 Å². The van der Waals surface area contributed by atoms with Gasteiger partial charge >= 0.3 is 0 Å². The molecule has 0 bridgehead atoms. The number of carbonyl (C=O) groups excluding carboxylic acids is 1. The van der Waals surface area contributed by atoms with Gasteiger partial charge in [-0.15, -0.1) is 12.4 Å². The largest absolute Gasteiger partial charge is 0.467 e. The van der Waals surface area contributed by atoms with Crippen LogP contribution in [0, 0.1) is 0 Å². The lowest BCUT2D eigenvalue weighted by molar-refractivity contribution is -0.134. The number of nitrogens with zero attached hydrogens (tertiary/aromatic N) is 2. The highest BCUT2D eigenvalue weighted by atomic mass is 35.5. The molecule has 0 spiro atoms. The zero-order valence-corrected chi connectivity index (χ0v) is 17.6. The number of rotatable bonds is 4. The van der Waals surface area contributed by atoms with Crippen molar-refractivity contribution in [2.24, 2.45) is 0 Å². The Balaban J connectivity index is 0.00000225. The average Bonchev–Trinajstić information content (AvgIpc) is 3.27. The van der Waals surface area contributed by atoms with Crippen LogP contribution in [0.15, 0.2) is 34.9 Å². The number of aliphatic hydroxyl groups excluding tert-OH is 1. The smallest absolute Gasteiger partial charge is 0.227 e. The molecule has 5 nitrogen and oxygen atoms in total. The molecule has 2 atom stereocenters. The first kappa shape index (κ1) is 21.5. The van der Waals surface area contributed by atoms with Crippen LogP contribution < -0.4 is 0 Å². The molecule has 28 heavy (non-hydrogen) atoms. The number of hydrogen-bond donors (Lipinski definition) is 1. The molecule has 1 saturated heterocycles. The Labute approximate surface area is 180 Å². The Bertz CT molecular complexity index is 842. The first-order valence-corrected chi connectivity index (χ1v) is 9.97. The number of likely N-dealkylation sites (tertiary alicyclic amines) is 1. The molecule has 3 heterocycles. The second kappa shape index (κ2) is 9.06. The monoisotopic (exact) mass is 444 g/mol. The topological polar surface area (TPSA) is 56.9 Å². The van der Waals surface area contributed by atoms with Gasteiger partial charge in [0.15, 0.2) is 0 Å². The van der Waals surface area contributed by atoms with E-state index in [2.05, 4.69) is 4.90 Å². The van der Waals surface area contributed by atoms with Crippen molar-refractivity contribution in [3.63, 3.8) is 0 Å². The second-order valence-electron chi connectivity index (χ2n) is 7.29. The van der Waals surface area contributed by atoms with Gasteiger partial charge in [-0.3, -0.25) is 9.69 Å². The predicted molar refractivity (Wildman–Crippen MR) is 111 cm³/mol. The highest BCUT2D eigenvalue weighted by Gasteiger charge is 2.35. The summed E-state index contributed by atoms with van der Waals surface area (Å²) >= 11 is 12.1. The summed E-state index contributed by atoms with van der Waals surface area (Å²) in [6, 6.07) is 7.15. The third kappa shape index (κ3) is 4.50. The molecule has 1 N–H and O–H groups in total. The fourth-order valence-corrected chi connectivity index (χ4v) is 4.33. The summed E-state index contributed by atoms with van der Waals surface area (Å²) in [5, 5.41) is 10.8. The van der Waals surface area contributed by atoms with E-state index in [-0.39, 0.29) is 36.9 Å². The molecule has 2 aromatic rings. The van der Waals surface area contributed by atoms with Crippen molar-refractivity contribution >= 4 is 41.5 Å². The van der Waals surface area contributed by atoms with E-state index < -0.39 is 0 Å². The van der Waals surface area contributed by atoms with Crippen LogP contribution >= 0.6 is 35.6 Å². The molecule has 1 aromatic heterocycles. The number of fused-ring (bicyclic) bond motifs is 1. The predicted octanol–water partition coefficient (Wildman–Crippen LogP) is 3.74. The minimum absolute atomic E-state index is 0. The van der Waals surface area contributed by atoms with Gasteiger partial charge in [-0.1, -0.05) is 29.3 Å².